The van der Waals surface area contributed by atoms with Crippen molar-refractivity contribution < 1.29 is 52.8 Å². The maximum absolute atomic E-state index is 13.3. The van der Waals surface area contributed by atoms with Crippen molar-refractivity contribution >= 4 is 106 Å². The summed E-state index contributed by atoms with van der Waals surface area (Å²) in [6, 6.07) is 28.9. The van der Waals surface area contributed by atoms with E-state index in [1.54, 1.807) is 82.9 Å². The molecule has 0 bridgehead atoms. The zero-order valence-corrected chi connectivity index (χ0v) is 54.9. The molecule has 0 aliphatic carbocycles. The Morgan fingerprint density at radius 2 is 0.948 bits per heavy atom. The lowest BCUT2D eigenvalue weighted by molar-refractivity contribution is -0.137. The van der Waals surface area contributed by atoms with Crippen LogP contribution in [0, 0.1) is 13.8 Å². The number of benzene rings is 4. The van der Waals surface area contributed by atoms with Gasteiger partial charge in [0, 0.05) is 80.8 Å². The first-order valence-electron chi connectivity index (χ1n) is 30.9. The predicted octanol–water partition coefficient (Wildman–Crippen LogP) is 10.6. The Balaban J connectivity index is 0.000000161. The van der Waals surface area contributed by atoms with E-state index in [-0.39, 0.29) is 82.2 Å². The van der Waals surface area contributed by atoms with Gasteiger partial charge in [0.25, 0.3) is 20.0 Å². The molecule has 10 aromatic rings. The first-order valence-corrected chi connectivity index (χ1v) is 33.8. The molecule has 23 nitrogen and oxygen atoms in total. The fraction of sp³-hybridized carbons (Fsp3) is 0.323. The number of alkyl halides is 6. The molecule has 0 unspecified atom stereocenters. The summed E-state index contributed by atoms with van der Waals surface area (Å²) in [5.41, 5.74) is 1.41. The van der Waals surface area contributed by atoms with Gasteiger partial charge in [-0.2, -0.15) is 26.3 Å². The lowest BCUT2D eigenvalue weighted by atomic mass is 10.1. The van der Waals surface area contributed by atoms with Crippen LogP contribution >= 0.6 is 12.4 Å². The van der Waals surface area contributed by atoms with Gasteiger partial charge in [-0.05, 0) is 126 Å². The second-order valence-corrected chi connectivity index (χ2v) is 27.0. The fourth-order valence-electron chi connectivity index (χ4n) is 11.6. The molecule has 3 aliphatic rings. The number of nitrogens with one attached hydrogen (secondary N) is 7. The second-order valence-electron chi connectivity index (χ2n) is 23.4. The Hall–Kier alpha value is -9.59. The maximum atomic E-state index is 13.3. The van der Waals surface area contributed by atoms with Gasteiger partial charge < -0.3 is 46.7 Å². The van der Waals surface area contributed by atoms with Crippen LogP contribution in [0.2, 0.25) is 0 Å². The predicted molar refractivity (Wildman–Crippen MR) is 360 cm³/mol. The smallest absolute Gasteiger partial charge is 0.376 e. The van der Waals surface area contributed by atoms with E-state index in [4.69, 9.17) is 0 Å². The summed E-state index contributed by atoms with van der Waals surface area (Å²) in [6.45, 7) is 7.03. The van der Waals surface area contributed by atoms with Gasteiger partial charge >= 0.3 is 12.4 Å². The highest BCUT2D eigenvalue weighted by atomic mass is 35.5. The summed E-state index contributed by atoms with van der Waals surface area (Å²) in [5.74, 6) is 1.22. The third kappa shape index (κ3) is 16.6. The molecule has 3 saturated heterocycles. The molecule has 2 amide bonds. The van der Waals surface area contributed by atoms with Gasteiger partial charge in [-0.15, -0.1) is 12.4 Å². The lowest BCUT2D eigenvalue weighted by Gasteiger charge is -2.33. The van der Waals surface area contributed by atoms with Crippen molar-refractivity contribution in [1.29, 1.82) is 0 Å². The molecule has 97 heavy (non-hydrogen) atoms. The maximum Gasteiger partial charge on any atom is 0.418 e. The molecule has 512 valence electrons. The first-order chi connectivity index (χ1) is 46.0. The van der Waals surface area contributed by atoms with Crippen molar-refractivity contribution in [2.24, 2.45) is 0 Å². The molecular formula is C65H70ClF6N17O6S2. The van der Waals surface area contributed by atoms with Crippen LogP contribution in [0.3, 0.4) is 0 Å². The number of amides is 2. The normalized spacial score (nSPS) is 16.8. The standard InChI is InChI=1S/C27H27F3N6O3S.C20H21F3N6O.C18H21N5O2S.ClH/c1-18-8-10-20(11-9-18)40(38,39)36-14-12-21-25(32-17-33-26(21)36)34-19-5-4-13-35(16-19)24(37)15-31-23-7-3-2-6-22(23)27(28,29)30;21-20(22,23)15-5-1-2-6-16(15)25-10-17(30)29-9-3-4-13(11-29)28-19-14-7-8-24-18(14)26-12-27-19;1-13-4-6-15(7-5-13)26(24,25)23-10-8-16-17(20-12-21-18(16)23)22-14-3-2-9-19-11-14;/h2-3,6-12,14,17,19,31H,4-5,13,15-16H2,1H3,(H,32,33,34);1-2,5-8,12-13,25H,3-4,9-11H2,(H2,24,26,27,28);4-8,10,12,14,19H,2-3,9,11H2,1H3,(H,20,21,22);1H/t19-;13-;14-;/m000./s1. The largest absolute Gasteiger partial charge is 0.418 e. The average molecular weight is 1400 g/mol. The zero-order chi connectivity index (χ0) is 67.8. The summed E-state index contributed by atoms with van der Waals surface area (Å²) in [5, 5.41) is 20.8. The minimum absolute atomic E-state index is 0. The SMILES string of the molecule is Cc1ccc(S(=O)(=O)n2ccc3c(N[C@H]4CCCN(C(=O)CNc5ccccc5C(F)(F)F)C4)ncnc32)cc1.Cc1ccc(S(=O)(=O)n2ccc3c(N[C@H]4CCCNC4)ncnc32)cc1.Cl.O=C(CNc1ccccc1C(F)(F)F)N1CCC[C@H](Nc2ncnc3[nH]ccc23)C1. The van der Waals surface area contributed by atoms with Crippen LogP contribution in [0.1, 0.15) is 60.8 Å². The third-order valence-electron chi connectivity index (χ3n) is 16.6. The fourth-order valence-corrected chi connectivity index (χ4v) is 14.2. The van der Waals surface area contributed by atoms with Crippen LogP contribution in [-0.4, -0.2) is 152 Å². The van der Waals surface area contributed by atoms with E-state index >= 15 is 0 Å². The number of likely N-dealkylation sites (tertiary alicyclic amines) is 2. The molecule has 9 heterocycles. The third-order valence-corrected chi connectivity index (χ3v) is 20.0. The highest BCUT2D eigenvalue weighted by Crippen LogP contribution is 2.37. The Kier molecular flexibility index (Phi) is 21.9. The number of H-pyrrole nitrogens is 1. The van der Waals surface area contributed by atoms with Crippen LogP contribution < -0.4 is 31.9 Å². The van der Waals surface area contributed by atoms with Crippen LogP contribution in [0.4, 0.5) is 55.2 Å². The Labute approximate surface area is 560 Å². The van der Waals surface area contributed by atoms with Gasteiger partial charge in [0.15, 0.2) is 11.3 Å². The minimum Gasteiger partial charge on any atom is -0.376 e. The van der Waals surface area contributed by atoms with Crippen molar-refractivity contribution in [3.63, 3.8) is 0 Å². The molecule has 3 atom stereocenters. The number of carbonyl (C=O) groups is 2. The summed E-state index contributed by atoms with van der Waals surface area (Å²) in [6.07, 6.45) is 5.12. The molecule has 6 aromatic heterocycles. The summed E-state index contributed by atoms with van der Waals surface area (Å²) in [7, 11) is -7.58. The number of hydrogen-bond donors (Lipinski definition) is 7. The quantitative estimate of drug-likeness (QED) is 0.0443. The monoisotopic (exact) mass is 1400 g/mol. The number of para-hydroxylation sites is 2. The molecule has 32 heteroatoms. The topological polar surface area (TPSA) is 284 Å². The molecule has 4 aromatic carbocycles. The Morgan fingerprint density at radius 3 is 1.39 bits per heavy atom. The first kappa shape index (κ1) is 70.2. The number of halogens is 7. The molecule has 0 saturated carbocycles. The summed E-state index contributed by atoms with van der Waals surface area (Å²) in [4.78, 5) is 57.7. The highest BCUT2D eigenvalue weighted by molar-refractivity contribution is 7.90. The average Bonchev–Trinajstić information content (AvgIpc) is 1.66. The lowest BCUT2D eigenvalue weighted by Crippen LogP contribution is -2.47. The molecule has 0 spiro atoms. The van der Waals surface area contributed by atoms with Crippen molar-refractivity contribution in [3.05, 3.63) is 175 Å². The number of nitrogens with zero attached hydrogens (tertiary/aromatic N) is 10. The van der Waals surface area contributed by atoms with Crippen LogP contribution in [-0.2, 0) is 42.0 Å². The van der Waals surface area contributed by atoms with E-state index in [9.17, 15) is 52.8 Å². The zero-order valence-electron chi connectivity index (χ0n) is 52.5. The molecular weight excluding hydrogens is 1330 g/mol. The number of rotatable bonds is 16. The Bertz CT molecular complexity index is 4610. The number of carbonyl (C=O) groups excluding carboxylic acids is 2. The molecule has 0 radical (unpaired) electrons. The number of piperidine rings is 3. The molecule has 13 rings (SSSR count). The van der Waals surface area contributed by atoms with E-state index in [1.165, 1.54) is 65.5 Å². The van der Waals surface area contributed by atoms with Crippen LogP contribution in [0.15, 0.2) is 163 Å². The van der Waals surface area contributed by atoms with Gasteiger partial charge in [-0.1, -0.05) is 59.7 Å². The van der Waals surface area contributed by atoms with E-state index in [0.29, 0.717) is 66.5 Å². The van der Waals surface area contributed by atoms with Crippen molar-refractivity contribution in [2.45, 2.75) is 92.6 Å². The van der Waals surface area contributed by atoms with Crippen LogP contribution in [0.25, 0.3) is 33.1 Å². The van der Waals surface area contributed by atoms with E-state index in [0.717, 1.165) is 83.5 Å². The van der Waals surface area contributed by atoms with Gasteiger partial charge in [-0.25, -0.2) is 54.7 Å². The van der Waals surface area contributed by atoms with Gasteiger partial charge in [-0.3, -0.25) is 9.59 Å². The van der Waals surface area contributed by atoms with E-state index in [1.807, 2.05) is 19.9 Å². The van der Waals surface area contributed by atoms with Gasteiger partial charge in [0.2, 0.25) is 11.8 Å². The van der Waals surface area contributed by atoms with Crippen molar-refractivity contribution in [1.82, 2.24) is 57.9 Å². The van der Waals surface area contributed by atoms with Crippen molar-refractivity contribution in [2.75, 3.05) is 78.9 Å². The highest BCUT2D eigenvalue weighted by Gasteiger charge is 2.35. The molecule has 7 N–H and O–H groups in total. The van der Waals surface area contributed by atoms with Gasteiger partial charge in [0.05, 0.1) is 50.2 Å². The van der Waals surface area contributed by atoms with E-state index in [2.05, 4.69) is 66.8 Å². The summed E-state index contributed by atoms with van der Waals surface area (Å²) >= 11 is 0. The molecule has 3 aliphatic heterocycles. The number of fused-ring (bicyclic) bond motifs is 3. The van der Waals surface area contributed by atoms with Gasteiger partial charge in [0.1, 0.15) is 42.1 Å². The number of aromatic nitrogens is 9. The number of hydrogen-bond acceptors (Lipinski definition) is 18. The molecule has 3 fully saturated rings. The Morgan fingerprint density at radius 1 is 0.526 bits per heavy atom. The van der Waals surface area contributed by atoms with E-state index < -0.39 is 43.5 Å². The van der Waals surface area contributed by atoms with Crippen LogP contribution in [0.5, 0.6) is 0 Å². The second kappa shape index (κ2) is 30.2. The van der Waals surface area contributed by atoms with Crippen molar-refractivity contribution in [3.8, 4) is 0 Å². The summed E-state index contributed by atoms with van der Waals surface area (Å²) < 4.78 is 134. The number of aromatic amines is 1. The minimum atomic E-state index is -4.53. The number of anilines is 5. The number of aryl methyl sites for hydroxylation is 2.